The highest BCUT2D eigenvalue weighted by molar-refractivity contribution is 8.00. The zero-order chi connectivity index (χ0) is 13.8. The Hall–Kier alpha value is -1.33. The van der Waals surface area contributed by atoms with Gasteiger partial charge in [-0.25, -0.2) is 4.99 Å². The molecule has 4 N–H and O–H groups in total. The van der Waals surface area contributed by atoms with Gasteiger partial charge in [-0.15, -0.1) is 11.8 Å². The molecule has 2 rings (SSSR count). The van der Waals surface area contributed by atoms with Crippen LogP contribution in [0.4, 0.5) is 5.69 Å². The van der Waals surface area contributed by atoms with Gasteiger partial charge in [0.05, 0.1) is 17.3 Å². The molecule has 1 aliphatic rings. The van der Waals surface area contributed by atoms with Crippen LogP contribution >= 0.6 is 23.4 Å². The van der Waals surface area contributed by atoms with E-state index in [9.17, 15) is 0 Å². The second-order valence-electron chi connectivity index (χ2n) is 4.39. The fourth-order valence-electron chi connectivity index (χ4n) is 1.63. The van der Waals surface area contributed by atoms with Crippen LogP contribution in [0.2, 0.25) is 0 Å². The number of rotatable bonds is 4. The van der Waals surface area contributed by atoms with Crippen molar-refractivity contribution in [3.05, 3.63) is 35.1 Å². The zero-order valence-electron chi connectivity index (χ0n) is 10.9. The van der Waals surface area contributed by atoms with Gasteiger partial charge in [0.15, 0.2) is 5.96 Å². The highest BCUT2D eigenvalue weighted by Crippen LogP contribution is 2.31. The lowest BCUT2D eigenvalue weighted by molar-refractivity contribution is 0.985. The predicted octanol–water partition coefficient (Wildman–Crippen LogP) is 2.92. The Labute approximate surface area is 122 Å². The fourth-order valence-corrected chi connectivity index (χ4v) is 2.69. The summed E-state index contributed by atoms with van der Waals surface area (Å²) >= 11 is 7.94. The summed E-state index contributed by atoms with van der Waals surface area (Å²) in [4.78, 5) is 5.20. The van der Waals surface area contributed by atoms with Crippen molar-refractivity contribution < 1.29 is 0 Å². The summed E-state index contributed by atoms with van der Waals surface area (Å²) in [6.45, 7) is 4.73. The molecule has 0 saturated heterocycles. The van der Waals surface area contributed by atoms with Crippen molar-refractivity contribution in [3.63, 3.8) is 0 Å². The third kappa shape index (κ3) is 3.81. The lowest BCUT2D eigenvalue weighted by Crippen LogP contribution is -2.37. The van der Waals surface area contributed by atoms with Crippen molar-refractivity contribution >= 4 is 35.0 Å². The summed E-state index contributed by atoms with van der Waals surface area (Å²) in [5.41, 5.74) is 6.67. The monoisotopic (exact) mass is 296 g/mol. The Morgan fingerprint density at radius 2 is 2.16 bits per heavy atom. The van der Waals surface area contributed by atoms with Gasteiger partial charge in [0.2, 0.25) is 0 Å². The van der Waals surface area contributed by atoms with E-state index >= 15 is 0 Å². The molecular weight excluding hydrogens is 280 g/mol. The van der Waals surface area contributed by atoms with E-state index in [1.165, 1.54) is 4.90 Å². The van der Waals surface area contributed by atoms with Crippen molar-refractivity contribution in [2.24, 2.45) is 10.7 Å². The van der Waals surface area contributed by atoms with E-state index in [0.29, 0.717) is 28.6 Å². The molecule has 19 heavy (non-hydrogen) atoms. The minimum absolute atomic E-state index is 0.376. The molecule has 102 valence electrons. The second-order valence-corrected chi connectivity index (χ2v) is 6.47. The molecule has 1 heterocycles. The quantitative estimate of drug-likeness (QED) is 0.748. The minimum Gasteiger partial charge on any atom is -0.370 e. The normalized spacial score (nSPS) is 15.3. The highest BCUT2D eigenvalue weighted by atomic mass is 35.5. The van der Waals surface area contributed by atoms with Crippen LogP contribution in [0.3, 0.4) is 0 Å². The number of hydrogen-bond acceptors (Lipinski definition) is 5. The lowest BCUT2D eigenvalue weighted by Gasteiger charge is -2.20. The van der Waals surface area contributed by atoms with Crippen LogP contribution < -0.4 is 16.4 Å². The van der Waals surface area contributed by atoms with Crippen molar-refractivity contribution in [3.8, 4) is 0 Å². The number of thioether (sulfide) groups is 1. The second kappa shape index (κ2) is 6.21. The minimum atomic E-state index is 0.376. The highest BCUT2D eigenvalue weighted by Gasteiger charge is 2.13. The fraction of sp³-hybridized carbons (Fsp3) is 0.308. The number of halogens is 1. The lowest BCUT2D eigenvalue weighted by atomic mass is 10.3. The van der Waals surface area contributed by atoms with E-state index in [0.717, 1.165) is 5.69 Å². The molecule has 1 aromatic carbocycles. The number of nitrogens with zero attached hydrogens (tertiary/aromatic N) is 1. The van der Waals surface area contributed by atoms with Crippen LogP contribution in [0, 0.1) is 0 Å². The molecule has 0 fully saturated rings. The molecule has 0 atom stereocenters. The number of guanidine groups is 1. The summed E-state index contributed by atoms with van der Waals surface area (Å²) in [6, 6.07) is 8.12. The number of anilines is 1. The number of nitrogens with one attached hydrogen (secondary N) is 2. The van der Waals surface area contributed by atoms with Crippen molar-refractivity contribution in [1.82, 2.24) is 5.32 Å². The summed E-state index contributed by atoms with van der Waals surface area (Å²) in [6.07, 6.45) is 0. The molecule has 0 radical (unpaired) electrons. The first-order chi connectivity index (χ1) is 9.06. The molecule has 1 aliphatic heterocycles. The maximum Gasteiger partial charge on any atom is 0.194 e. The Balaban J connectivity index is 2.19. The molecule has 0 unspecified atom stereocenters. The first kappa shape index (κ1) is 14.1. The SMILES string of the molecule is CC(C)Sc1ccccc1NC1=C(Cl)CN=C(N)N1. The molecule has 4 nitrogen and oxygen atoms in total. The summed E-state index contributed by atoms with van der Waals surface area (Å²) in [5.74, 6) is 1.08. The molecule has 0 aliphatic carbocycles. The molecule has 0 spiro atoms. The van der Waals surface area contributed by atoms with Crippen molar-refractivity contribution in [2.45, 2.75) is 24.0 Å². The van der Waals surface area contributed by atoms with Crippen LogP contribution in [0.25, 0.3) is 0 Å². The Morgan fingerprint density at radius 3 is 2.89 bits per heavy atom. The van der Waals surface area contributed by atoms with E-state index in [-0.39, 0.29) is 0 Å². The van der Waals surface area contributed by atoms with Gasteiger partial charge >= 0.3 is 0 Å². The van der Waals surface area contributed by atoms with Gasteiger partial charge in [0.1, 0.15) is 5.82 Å². The van der Waals surface area contributed by atoms with Crippen LogP contribution in [-0.4, -0.2) is 17.8 Å². The number of nitrogens with two attached hydrogens (primary N) is 1. The number of para-hydroxylation sites is 1. The van der Waals surface area contributed by atoms with Gasteiger partial charge in [0, 0.05) is 10.1 Å². The van der Waals surface area contributed by atoms with Crippen molar-refractivity contribution in [1.29, 1.82) is 0 Å². The van der Waals surface area contributed by atoms with E-state index in [2.05, 4.69) is 35.5 Å². The molecule has 0 aromatic heterocycles. The Morgan fingerprint density at radius 1 is 1.42 bits per heavy atom. The van der Waals surface area contributed by atoms with Crippen LogP contribution in [0.5, 0.6) is 0 Å². The van der Waals surface area contributed by atoms with E-state index < -0.39 is 0 Å². The smallest absolute Gasteiger partial charge is 0.194 e. The van der Waals surface area contributed by atoms with Gasteiger partial charge in [-0.1, -0.05) is 37.6 Å². The average Bonchev–Trinajstić information content (AvgIpc) is 2.35. The third-order valence-corrected chi connectivity index (χ3v) is 3.81. The average molecular weight is 297 g/mol. The molecule has 0 bridgehead atoms. The van der Waals surface area contributed by atoms with Gasteiger partial charge in [0.25, 0.3) is 0 Å². The van der Waals surface area contributed by atoms with Gasteiger partial charge in [-0.2, -0.15) is 0 Å². The molecule has 6 heteroatoms. The summed E-state index contributed by atoms with van der Waals surface area (Å²) < 4.78 is 0. The van der Waals surface area contributed by atoms with Gasteiger partial charge in [-0.05, 0) is 12.1 Å². The molecule has 1 aromatic rings. The third-order valence-electron chi connectivity index (χ3n) is 2.42. The number of benzene rings is 1. The van der Waals surface area contributed by atoms with Crippen molar-refractivity contribution in [2.75, 3.05) is 11.9 Å². The zero-order valence-corrected chi connectivity index (χ0v) is 12.5. The number of hydrogen-bond donors (Lipinski definition) is 3. The topological polar surface area (TPSA) is 62.4 Å². The molecule has 0 amide bonds. The predicted molar refractivity (Wildman–Crippen MR) is 83.6 cm³/mol. The Kier molecular flexibility index (Phi) is 4.61. The van der Waals surface area contributed by atoms with E-state index in [4.69, 9.17) is 17.3 Å². The van der Waals surface area contributed by atoms with Gasteiger partial charge < -0.3 is 16.4 Å². The first-order valence-corrected chi connectivity index (χ1v) is 7.30. The summed E-state index contributed by atoms with van der Waals surface area (Å²) in [5, 5.41) is 7.38. The Bertz CT molecular complexity index is 525. The van der Waals surface area contributed by atoms with E-state index in [1.54, 1.807) is 11.8 Å². The maximum atomic E-state index is 6.14. The van der Waals surface area contributed by atoms with Crippen LogP contribution in [0.15, 0.2) is 45.0 Å². The van der Waals surface area contributed by atoms with E-state index in [1.807, 2.05) is 18.2 Å². The maximum absolute atomic E-state index is 6.14. The van der Waals surface area contributed by atoms with Gasteiger partial charge in [-0.3, -0.25) is 0 Å². The molecule has 0 saturated carbocycles. The standard InChI is InChI=1S/C13H17ClN4S/c1-8(2)19-11-6-4-3-5-10(11)17-12-9(14)7-16-13(15)18-12/h3-6,8,17H,7H2,1-2H3,(H3,15,16,18). The number of aliphatic imine (C=N–C) groups is 1. The first-order valence-electron chi connectivity index (χ1n) is 6.04. The summed E-state index contributed by atoms with van der Waals surface area (Å²) in [7, 11) is 0. The van der Waals surface area contributed by atoms with Crippen LogP contribution in [0.1, 0.15) is 13.8 Å². The van der Waals surface area contributed by atoms with Crippen LogP contribution in [-0.2, 0) is 0 Å². The molecular formula is C13H17ClN4S. The largest absolute Gasteiger partial charge is 0.370 e.